The maximum Gasteiger partial charge on any atom is 0.139 e. The summed E-state index contributed by atoms with van der Waals surface area (Å²) in [6.45, 7) is -0.705. The highest BCUT2D eigenvalue weighted by molar-refractivity contribution is 5.58. The second-order valence-electron chi connectivity index (χ2n) is 2.44. The SMILES string of the molecule is N[C@@H](C=O)[C@@H](O)[C@H](O)[C@H](O)[13CH2]O. The fraction of sp³-hybridized carbons (Fsp3) is 0.833. The summed E-state index contributed by atoms with van der Waals surface area (Å²) < 4.78 is 0. The number of aliphatic hydroxyl groups excluding tert-OH is 4. The van der Waals surface area contributed by atoms with E-state index in [0.29, 0.717) is 0 Å². The molecular formula is C6H13NO5. The Kier molecular flexibility index (Phi) is 4.95. The molecule has 0 radical (unpaired) electrons. The van der Waals surface area contributed by atoms with E-state index in [9.17, 15) is 4.79 Å². The first kappa shape index (κ1) is 11.5. The molecule has 0 aliphatic heterocycles. The average molecular weight is 180 g/mol. The van der Waals surface area contributed by atoms with Crippen LogP contribution in [-0.2, 0) is 4.79 Å². The summed E-state index contributed by atoms with van der Waals surface area (Å²) in [5, 5.41) is 35.2. The molecule has 0 aliphatic carbocycles. The lowest BCUT2D eigenvalue weighted by Crippen LogP contribution is -2.49. The van der Waals surface area contributed by atoms with Crippen molar-refractivity contribution in [1.29, 1.82) is 0 Å². The number of hydrogen-bond acceptors (Lipinski definition) is 6. The van der Waals surface area contributed by atoms with E-state index in [-0.39, 0.29) is 6.29 Å². The van der Waals surface area contributed by atoms with Gasteiger partial charge < -0.3 is 31.0 Å². The fourth-order valence-electron chi connectivity index (χ4n) is 0.644. The van der Waals surface area contributed by atoms with Gasteiger partial charge in [0.25, 0.3) is 0 Å². The van der Waals surface area contributed by atoms with E-state index in [4.69, 9.17) is 26.2 Å². The number of hydrogen-bond donors (Lipinski definition) is 5. The average Bonchev–Trinajstić information content (AvgIpc) is 2.12. The van der Waals surface area contributed by atoms with Gasteiger partial charge in [0.2, 0.25) is 0 Å². The summed E-state index contributed by atoms with van der Waals surface area (Å²) >= 11 is 0. The van der Waals surface area contributed by atoms with Gasteiger partial charge >= 0.3 is 0 Å². The molecule has 6 heteroatoms. The molecule has 6 N–H and O–H groups in total. The lowest BCUT2D eigenvalue weighted by Gasteiger charge is -2.23. The first-order valence-electron chi connectivity index (χ1n) is 3.40. The summed E-state index contributed by atoms with van der Waals surface area (Å²) in [4.78, 5) is 10.0. The number of nitrogens with two attached hydrogens (primary N) is 1. The fourth-order valence-corrected chi connectivity index (χ4v) is 0.644. The van der Waals surface area contributed by atoms with Crippen LogP contribution < -0.4 is 5.73 Å². The first-order valence-corrected chi connectivity index (χ1v) is 3.40. The van der Waals surface area contributed by atoms with E-state index in [0.717, 1.165) is 0 Å². The molecule has 0 heterocycles. The van der Waals surface area contributed by atoms with Gasteiger partial charge in [0, 0.05) is 0 Å². The molecule has 0 amide bonds. The van der Waals surface area contributed by atoms with Crippen LogP contribution >= 0.6 is 0 Å². The molecule has 0 aromatic heterocycles. The molecule has 72 valence electrons. The molecular weight excluding hydrogens is 167 g/mol. The van der Waals surface area contributed by atoms with Gasteiger partial charge in [-0.1, -0.05) is 0 Å². The predicted molar refractivity (Wildman–Crippen MR) is 39.1 cm³/mol. The van der Waals surface area contributed by atoms with Crippen molar-refractivity contribution in [3.8, 4) is 0 Å². The van der Waals surface area contributed by atoms with Crippen molar-refractivity contribution in [2.75, 3.05) is 6.61 Å². The Morgan fingerprint density at radius 1 is 1.25 bits per heavy atom. The number of aliphatic hydroxyl groups is 4. The summed E-state index contributed by atoms with van der Waals surface area (Å²) in [5.41, 5.74) is 5.04. The Morgan fingerprint density at radius 3 is 2.08 bits per heavy atom. The van der Waals surface area contributed by atoms with Crippen molar-refractivity contribution < 1.29 is 25.2 Å². The third-order valence-corrected chi connectivity index (χ3v) is 1.48. The van der Waals surface area contributed by atoms with Crippen LogP contribution in [0.1, 0.15) is 0 Å². The van der Waals surface area contributed by atoms with Crippen LogP contribution in [0.4, 0.5) is 0 Å². The molecule has 0 aliphatic rings. The normalized spacial score (nSPS) is 21.1. The van der Waals surface area contributed by atoms with E-state index in [2.05, 4.69) is 0 Å². The Bertz CT molecular complexity index is 142. The summed E-state index contributed by atoms with van der Waals surface area (Å²) in [6, 6.07) is -1.26. The lowest BCUT2D eigenvalue weighted by molar-refractivity contribution is -0.118. The minimum absolute atomic E-state index is 0.248. The van der Waals surface area contributed by atoms with Gasteiger partial charge in [-0.15, -0.1) is 0 Å². The second-order valence-corrected chi connectivity index (χ2v) is 2.44. The highest BCUT2D eigenvalue weighted by Crippen LogP contribution is 2.01. The molecule has 0 bridgehead atoms. The molecule has 0 fully saturated rings. The van der Waals surface area contributed by atoms with Gasteiger partial charge in [0.1, 0.15) is 24.6 Å². The molecule has 0 rings (SSSR count). The molecule has 0 aromatic carbocycles. The molecule has 0 unspecified atom stereocenters. The quantitative estimate of drug-likeness (QED) is 0.222. The molecule has 12 heavy (non-hydrogen) atoms. The van der Waals surface area contributed by atoms with Crippen molar-refractivity contribution in [3.05, 3.63) is 0 Å². The molecule has 0 spiro atoms. The minimum atomic E-state index is -1.62. The van der Waals surface area contributed by atoms with Crippen molar-refractivity contribution in [2.45, 2.75) is 24.4 Å². The Balaban J connectivity index is 4.07. The second kappa shape index (κ2) is 5.18. The van der Waals surface area contributed by atoms with Gasteiger partial charge in [-0.3, -0.25) is 0 Å². The predicted octanol–water partition coefficient (Wildman–Crippen LogP) is -3.41. The van der Waals surface area contributed by atoms with E-state index < -0.39 is 31.0 Å². The summed E-state index contributed by atoms with van der Waals surface area (Å²) in [6.07, 6.45) is -4.43. The minimum Gasteiger partial charge on any atom is -0.394 e. The number of carbonyl (C=O) groups is 1. The topological polar surface area (TPSA) is 124 Å². The number of rotatable bonds is 5. The van der Waals surface area contributed by atoms with Crippen LogP contribution in [0, 0.1) is 0 Å². The van der Waals surface area contributed by atoms with Crippen LogP contribution in [-0.4, -0.2) is 57.7 Å². The van der Waals surface area contributed by atoms with E-state index in [1.165, 1.54) is 0 Å². The van der Waals surface area contributed by atoms with E-state index in [1.54, 1.807) is 0 Å². The van der Waals surface area contributed by atoms with Gasteiger partial charge in [0.05, 0.1) is 12.6 Å². The maximum atomic E-state index is 10.0. The van der Waals surface area contributed by atoms with Gasteiger partial charge in [0.15, 0.2) is 0 Å². The monoisotopic (exact) mass is 180 g/mol. The zero-order chi connectivity index (χ0) is 9.72. The van der Waals surface area contributed by atoms with Gasteiger partial charge in [-0.25, -0.2) is 0 Å². The van der Waals surface area contributed by atoms with Crippen LogP contribution in [0.25, 0.3) is 0 Å². The van der Waals surface area contributed by atoms with Crippen LogP contribution in [0.5, 0.6) is 0 Å². The van der Waals surface area contributed by atoms with Crippen LogP contribution in [0.2, 0.25) is 0 Å². The van der Waals surface area contributed by atoms with Crippen LogP contribution in [0.3, 0.4) is 0 Å². The summed E-state index contributed by atoms with van der Waals surface area (Å²) in [7, 11) is 0. The molecule has 6 nitrogen and oxygen atoms in total. The number of aldehydes is 1. The highest BCUT2D eigenvalue weighted by Gasteiger charge is 2.28. The Labute approximate surface area is 69.2 Å². The number of carbonyl (C=O) groups excluding carboxylic acids is 1. The standard InChI is InChI=1S/C6H13NO5/c7-3(1-8)5(11)6(12)4(10)2-9/h1,3-6,9-12H,2,7H2/t3-,4+,5+,6+/m0/s1/i2+1. The third kappa shape index (κ3) is 2.84. The van der Waals surface area contributed by atoms with Crippen molar-refractivity contribution >= 4 is 6.29 Å². The van der Waals surface area contributed by atoms with Crippen molar-refractivity contribution in [1.82, 2.24) is 0 Å². The Hall–Kier alpha value is -0.530. The Morgan fingerprint density at radius 2 is 1.75 bits per heavy atom. The maximum absolute atomic E-state index is 10.0. The van der Waals surface area contributed by atoms with Gasteiger partial charge in [-0.05, 0) is 0 Å². The zero-order valence-electron chi connectivity index (χ0n) is 6.37. The molecule has 4 atom stereocenters. The first-order chi connectivity index (χ1) is 5.54. The van der Waals surface area contributed by atoms with E-state index >= 15 is 0 Å². The highest BCUT2D eigenvalue weighted by atomic mass is 16.4. The largest absolute Gasteiger partial charge is 0.394 e. The van der Waals surface area contributed by atoms with Crippen molar-refractivity contribution in [3.63, 3.8) is 0 Å². The zero-order valence-corrected chi connectivity index (χ0v) is 6.37. The molecule has 0 saturated heterocycles. The molecule has 0 saturated carbocycles. The van der Waals surface area contributed by atoms with Crippen LogP contribution in [0.15, 0.2) is 0 Å². The smallest absolute Gasteiger partial charge is 0.139 e. The summed E-state index contributed by atoms with van der Waals surface area (Å²) in [5.74, 6) is 0. The lowest BCUT2D eigenvalue weighted by atomic mass is 10.1. The van der Waals surface area contributed by atoms with E-state index in [1.807, 2.05) is 0 Å². The van der Waals surface area contributed by atoms with Crippen molar-refractivity contribution in [2.24, 2.45) is 5.73 Å². The molecule has 0 aromatic rings. The van der Waals surface area contributed by atoms with Gasteiger partial charge in [-0.2, -0.15) is 0 Å². The third-order valence-electron chi connectivity index (χ3n) is 1.48.